The Morgan fingerprint density at radius 2 is 2.09 bits per heavy atom. The summed E-state index contributed by atoms with van der Waals surface area (Å²) in [5.41, 5.74) is 2.99. The van der Waals surface area contributed by atoms with Gasteiger partial charge in [0, 0.05) is 24.8 Å². The first kappa shape index (κ1) is 15.4. The minimum atomic E-state index is -0.466. The van der Waals surface area contributed by atoms with E-state index in [1.165, 1.54) is 25.5 Å². The van der Waals surface area contributed by atoms with Crippen molar-refractivity contribution in [2.45, 2.75) is 0 Å². The van der Waals surface area contributed by atoms with Crippen LogP contribution in [0.5, 0.6) is 0 Å². The van der Waals surface area contributed by atoms with Gasteiger partial charge in [-0.3, -0.25) is 14.9 Å². The van der Waals surface area contributed by atoms with Crippen molar-refractivity contribution in [1.29, 1.82) is 0 Å². The largest absolute Gasteiger partial charge is 0.455 e. The predicted octanol–water partition coefficient (Wildman–Crippen LogP) is 1.95. The number of furan rings is 1. The second-order valence-corrected chi connectivity index (χ2v) is 4.23. The van der Waals surface area contributed by atoms with E-state index < -0.39 is 4.92 Å². The highest BCUT2D eigenvalue weighted by Crippen LogP contribution is 2.23. The molecule has 1 amide bonds. The number of nitro groups is 1. The quantitative estimate of drug-likeness (QED) is 0.498. The Morgan fingerprint density at radius 1 is 1.36 bits per heavy atom. The Bertz CT molecular complexity index is 691. The third-order valence-electron chi connectivity index (χ3n) is 2.65. The Hall–Kier alpha value is -3.00. The topological polar surface area (TPSA) is 107 Å². The summed E-state index contributed by atoms with van der Waals surface area (Å²) in [7, 11) is 1.41. The Balaban J connectivity index is 2.03. The van der Waals surface area contributed by atoms with Crippen molar-refractivity contribution in [3.8, 4) is 11.3 Å². The molecule has 0 aliphatic carbocycles. The lowest BCUT2D eigenvalue weighted by Crippen LogP contribution is -2.22. The second kappa shape index (κ2) is 7.14. The maximum atomic E-state index is 11.1. The monoisotopic (exact) mass is 303 g/mol. The summed E-state index contributed by atoms with van der Waals surface area (Å²) in [6.45, 7) is -0.0798. The molecule has 1 N–H and O–H groups in total. The van der Waals surface area contributed by atoms with Gasteiger partial charge in [0.25, 0.3) is 11.6 Å². The minimum absolute atomic E-state index is 0.0120. The third-order valence-corrected chi connectivity index (χ3v) is 2.65. The number of ether oxygens (including phenoxy) is 1. The molecule has 22 heavy (non-hydrogen) atoms. The van der Waals surface area contributed by atoms with Crippen molar-refractivity contribution in [2.24, 2.45) is 5.10 Å². The Morgan fingerprint density at radius 3 is 2.73 bits per heavy atom. The maximum Gasteiger partial charge on any atom is 0.269 e. The van der Waals surface area contributed by atoms with Gasteiger partial charge in [-0.2, -0.15) is 5.10 Å². The van der Waals surface area contributed by atoms with Crippen LogP contribution in [0.4, 0.5) is 5.69 Å². The summed E-state index contributed by atoms with van der Waals surface area (Å²) in [6, 6.07) is 9.37. The first-order chi connectivity index (χ1) is 10.6. The van der Waals surface area contributed by atoms with E-state index in [0.717, 1.165) is 0 Å². The number of nitrogens with one attached hydrogen (secondary N) is 1. The van der Waals surface area contributed by atoms with Crippen LogP contribution in [0.3, 0.4) is 0 Å². The molecule has 1 aromatic heterocycles. The summed E-state index contributed by atoms with van der Waals surface area (Å²) in [6.07, 6.45) is 1.35. The summed E-state index contributed by atoms with van der Waals surface area (Å²) in [5, 5.41) is 14.3. The number of hydrogen-bond donors (Lipinski definition) is 1. The number of carbonyl (C=O) groups is 1. The van der Waals surface area contributed by atoms with E-state index in [9.17, 15) is 14.9 Å². The molecule has 0 fully saturated rings. The summed E-state index contributed by atoms with van der Waals surface area (Å²) in [4.78, 5) is 21.2. The highest BCUT2D eigenvalue weighted by molar-refractivity contribution is 5.81. The molecule has 0 saturated heterocycles. The molecule has 0 spiro atoms. The molecule has 1 aromatic carbocycles. The van der Waals surface area contributed by atoms with Crippen LogP contribution in [0, 0.1) is 10.1 Å². The van der Waals surface area contributed by atoms with Crippen LogP contribution in [0.15, 0.2) is 45.9 Å². The van der Waals surface area contributed by atoms with Gasteiger partial charge < -0.3 is 9.15 Å². The fraction of sp³-hybridized carbons (Fsp3) is 0.143. The van der Waals surface area contributed by atoms with Gasteiger partial charge in [-0.1, -0.05) is 0 Å². The van der Waals surface area contributed by atoms with Crippen molar-refractivity contribution in [1.82, 2.24) is 5.43 Å². The van der Waals surface area contributed by atoms with Gasteiger partial charge >= 0.3 is 0 Å². The van der Waals surface area contributed by atoms with Crippen molar-refractivity contribution < 1.29 is 18.9 Å². The Labute approximate surface area is 125 Å². The number of benzene rings is 1. The molecular formula is C14H13N3O5. The van der Waals surface area contributed by atoms with Crippen LogP contribution in [0.2, 0.25) is 0 Å². The summed E-state index contributed by atoms with van der Waals surface area (Å²) >= 11 is 0. The fourth-order valence-corrected chi connectivity index (χ4v) is 1.66. The molecule has 8 nitrogen and oxygen atoms in total. The summed E-state index contributed by atoms with van der Waals surface area (Å²) in [5.74, 6) is 0.603. The third kappa shape index (κ3) is 4.00. The average molecular weight is 303 g/mol. The lowest BCUT2D eigenvalue weighted by atomic mass is 10.1. The van der Waals surface area contributed by atoms with Gasteiger partial charge in [0.2, 0.25) is 0 Å². The average Bonchev–Trinajstić information content (AvgIpc) is 2.96. The van der Waals surface area contributed by atoms with Crippen molar-refractivity contribution in [2.75, 3.05) is 13.7 Å². The van der Waals surface area contributed by atoms with E-state index in [0.29, 0.717) is 17.1 Å². The predicted molar refractivity (Wildman–Crippen MR) is 78.4 cm³/mol. The van der Waals surface area contributed by atoms with E-state index in [-0.39, 0.29) is 18.2 Å². The standard InChI is InChI=1S/C14H13N3O5/c1-21-9-14(18)16-15-8-12-6-7-13(22-12)10-2-4-11(5-3-10)17(19)20/h2-8H,9H2,1H3,(H,16,18)/b15-8+. The molecule has 0 radical (unpaired) electrons. The second-order valence-electron chi connectivity index (χ2n) is 4.23. The zero-order valence-corrected chi connectivity index (χ0v) is 11.7. The maximum absolute atomic E-state index is 11.1. The number of nitrogens with zero attached hydrogens (tertiary/aromatic N) is 2. The lowest BCUT2D eigenvalue weighted by Gasteiger charge is -1.97. The zero-order chi connectivity index (χ0) is 15.9. The zero-order valence-electron chi connectivity index (χ0n) is 11.7. The Kier molecular flexibility index (Phi) is 4.99. The molecule has 0 atom stereocenters. The van der Waals surface area contributed by atoms with E-state index in [1.807, 2.05) is 0 Å². The van der Waals surface area contributed by atoms with Crippen molar-refractivity contribution >= 4 is 17.8 Å². The van der Waals surface area contributed by atoms with Crippen LogP contribution in [-0.4, -0.2) is 30.8 Å². The molecule has 0 bridgehead atoms. The fourth-order valence-electron chi connectivity index (χ4n) is 1.66. The molecule has 0 unspecified atom stereocenters. The van der Waals surface area contributed by atoms with Gasteiger partial charge in [0.05, 0.1) is 11.1 Å². The molecular weight excluding hydrogens is 290 g/mol. The number of nitro benzene ring substituents is 1. The number of amides is 1. The van der Waals surface area contributed by atoms with Crippen LogP contribution in [0.1, 0.15) is 5.76 Å². The molecule has 0 saturated carbocycles. The number of methoxy groups -OCH3 is 1. The van der Waals surface area contributed by atoms with Crippen LogP contribution in [-0.2, 0) is 9.53 Å². The van der Waals surface area contributed by atoms with Crippen LogP contribution < -0.4 is 5.43 Å². The molecule has 1 heterocycles. The molecule has 2 rings (SSSR count). The number of carbonyl (C=O) groups excluding carboxylic acids is 1. The van der Waals surface area contributed by atoms with Gasteiger partial charge in [-0.15, -0.1) is 0 Å². The van der Waals surface area contributed by atoms with Gasteiger partial charge in [0.15, 0.2) is 0 Å². The van der Waals surface area contributed by atoms with E-state index >= 15 is 0 Å². The summed E-state index contributed by atoms with van der Waals surface area (Å²) < 4.78 is 10.1. The molecule has 8 heteroatoms. The molecule has 0 aliphatic heterocycles. The highest BCUT2D eigenvalue weighted by atomic mass is 16.6. The van der Waals surface area contributed by atoms with E-state index in [1.54, 1.807) is 24.3 Å². The van der Waals surface area contributed by atoms with E-state index in [4.69, 9.17) is 4.42 Å². The van der Waals surface area contributed by atoms with Gasteiger partial charge in [-0.05, 0) is 24.3 Å². The van der Waals surface area contributed by atoms with Crippen LogP contribution in [0.25, 0.3) is 11.3 Å². The molecule has 0 aliphatic rings. The smallest absolute Gasteiger partial charge is 0.269 e. The van der Waals surface area contributed by atoms with Crippen molar-refractivity contribution in [3.63, 3.8) is 0 Å². The number of rotatable bonds is 6. The minimum Gasteiger partial charge on any atom is -0.455 e. The normalized spacial score (nSPS) is 10.8. The SMILES string of the molecule is COCC(=O)N/N=C/c1ccc(-c2ccc([N+](=O)[O-])cc2)o1. The number of hydrogen-bond acceptors (Lipinski definition) is 6. The first-order valence-corrected chi connectivity index (χ1v) is 6.25. The van der Waals surface area contributed by atoms with E-state index in [2.05, 4.69) is 15.3 Å². The van der Waals surface area contributed by atoms with Crippen molar-refractivity contribution in [3.05, 3.63) is 52.3 Å². The highest BCUT2D eigenvalue weighted by Gasteiger charge is 2.07. The molecule has 2 aromatic rings. The van der Waals surface area contributed by atoms with Crippen LogP contribution >= 0.6 is 0 Å². The van der Waals surface area contributed by atoms with Gasteiger partial charge in [-0.25, -0.2) is 5.43 Å². The first-order valence-electron chi connectivity index (χ1n) is 6.25. The lowest BCUT2D eigenvalue weighted by molar-refractivity contribution is -0.384. The number of non-ortho nitro benzene ring substituents is 1. The van der Waals surface area contributed by atoms with Gasteiger partial charge in [0.1, 0.15) is 18.1 Å². The molecule has 114 valence electrons. The number of hydrazone groups is 1.